The van der Waals surface area contributed by atoms with Gasteiger partial charge in [0.2, 0.25) is 17.7 Å². The third-order valence-corrected chi connectivity index (χ3v) is 6.91. The van der Waals surface area contributed by atoms with Crippen molar-refractivity contribution >= 4 is 23.4 Å². The maximum absolute atomic E-state index is 13.2. The molecule has 10 heteroatoms. The van der Waals surface area contributed by atoms with Crippen LogP contribution in [0.4, 0.5) is 5.69 Å². The van der Waals surface area contributed by atoms with Crippen molar-refractivity contribution in [2.75, 3.05) is 26.1 Å². The summed E-state index contributed by atoms with van der Waals surface area (Å²) in [6.45, 7) is 3.02. The van der Waals surface area contributed by atoms with E-state index in [1.165, 1.54) is 13.5 Å². The second-order valence-corrected chi connectivity index (χ2v) is 8.81. The monoisotopic (exact) mass is 459 g/mol. The number of nitrogens with zero attached hydrogens (tertiary/aromatic N) is 1. The summed E-state index contributed by atoms with van der Waals surface area (Å²) in [4.78, 5) is 41.2. The number of carbonyl (C=O) groups excluding carboxylic acids is 3. The van der Waals surface area contributed by atoms with Gasteiger partial charge >= 0.3 is 0 Å². The van der Waals surface area contributed by atoms with E-state index in [2.05, 4.69) is 33.1 Å². The molecule has 0 aliphatic carbocycles. The van der Waals surface area contributed by atoms with Crippen LogP contribution in [0.1, 0.15) is 39.0 Å². The van der Waals surface area contributed by atoms with Crippen LogP contribution in [0.5, 0.6) is 11.5 Å². The summed E-state index contributed by atoms with van der Waals surface area (Å²) in [5.74, 6) is -1.40. The standard InChI is InChI=1S/C23H33N5O5/c1-4-13-7-5-6-10-28(13)23-26-20-19(22(31)27-23)15(12-18(29)25-20)21(30)24-16-9-8-14(32-2)11-17(16)33-3/h8-9,11,13,15,19-20,23,26H,4-7,10,12H2,1-3H3,(H,24,30)(H,25,29)(H,27,31). The molecule has 3 amide bonds. The van der Waals surface area contributed by atoms with Crippen molar-refractivity contribution in [1.29, 1.82) is 0 Å². The number of piperidine rings is 2. The molecule has 3 aliphatic rings. The van der Waals surface area contributed by atoms with Crippen molar-refractivity contribution in [1.82, 2.24) is 20.9 Å². The first-order valence-corrected chi connectivity index (χ1v) is 11.6. The van der Waals surface area contributed by atoms with Gasteiger partial charge in [-0.3, -0.25) is 24.6 Å². The fraction of sp³-hybridized carbons (Fsp3) is 0.609. The molecule has 4 N–H and O–H groups in total. The molecule has 180 valence electrons. The SMILES string of the molecule is CCC1CCCCN1C1NC(=O)C2C(NC(=O)CC2C(=O)Nc2ccc(OC)cc2OC)N1. The Morgan fingerprint density at radius 2 is 2.00 bits per heavy atom. The van der Waals surface area contributed by atoms with E-state index in [1.807, 2.05) is 0 Å². The van der Waals surface area contributed by atoms with Crippen LogP contribution in [0.25, 0.3) is 0 Å². The molecule has 33 heavy (non-hydrogen) atoms. The van der Waals surface area contributed by atoms with Gasteiger partial charge in [0.05, 0.1) is 37.9 Å². The van der Waals surface area contributed by atoms with Gasteiger partial charge in [-0.2, -0.15) is 0 Å². The highest BCUT2D eigenvalue weighted by Gasteiger charge is 2.49. The first kappa shape index (κ1) is 23.3. The Kier molecular flexibility index (Phi) is 7.04. The predicted molar refractivity (Wildman–Crippen MR) is 121 cm³/mol. The van der Waals surface area contributed by atoms with E-state index >= 15 is 0 Å². The lowest BCUT2D eigenvalue weighted by atomic mass is 9.81. The Bertz CT molecular complexity index is 909. The molecule has 3 fully saturated rings. The summed E-state index contributed by atoms with van der Waals surface area (Å²) < 4.78 is 10.6. The van der Waals surface area contributed by atoms with Crippen molar-refractivity contribution in [3.8, 4) is 11.5 Å². The zero-order valence-electron chi connectivity index (χ0n) is 19.3. The van der Waals surface area contributed by atoms with E-state index in [0.29, 0.717) is 23.2 Å². The number of anilines is 1. The van der Waals surface area contributed by atoms with E-state index in [9.17, 15) is 14.4 Å². The molecule has 0 spiro atoms. The second kappa shape index (κ2) is 9.96. The molecule has 0 radical (unpaired) electrons. The number of methoxy groups -OCH3 is 2. The number of amides is 3. The average molecular weight is 460 g/mol. The molecule has 3 heterocycles. The molecule has 3 saturated heterocycles. The summed E-state index contributed by atoms with van der Waals surface area (Å²) in [6, 6.07) is 5.41. The molecule has 1 aromatic carbocycles. The highest BCUT2D eigenvalue weighted by Crippen LogP contribution is 2.33. The molecule has 0 bridgehead atoms. The minimum atomic E-state index is -0.813. The van der Waals surface area contributed by atoms with Gasteiger partial charge in [-0.15, -0.1) is 0 Å². The average Bonchev–Trinajstić information content (AvgIpc) is 2.83. The molecule has 0 saturated carbocycles. The highest BCUT2D eigenvalue weighted by molar-refractivity contribution is 6.01. The van der Waals surface area contributed by atoms with Crippen LogP contribution >= 0.6 is 0 Å². The third kappa shape index (κ3) is 4.77. The van der Waals surface area contributed by atoms with Crippen molar-refractivity contribution in [2.24, 2.45) is 11.8 Å². The van der Waals surface area contributed by atoms with E-state index in [0.717, 1.165) is 25.8 Å². The summed E-state index contributed by atoms with van der Waals surface area (Å²) in [5, 5.41) is 12.1. The maximum atomic E-state index is 13.2. The van der Waals surface area contributed by atoms with E-state index in [-0.39, 0.29) is 24.5 Å². The predicted octanol–water partition coefficient (Wildman–Crippen LogP) is 0.988. The number of hydrogen-bond acceptors (Lipinski definition) is 7. The minimum absolute atomic E-state index is 0.0630. The van der Waals surface area contributed by atoms with E-state index in [4.69, 9.17) is 9.47 Å². The van der Waals surface area contributed by atoms with Gasteiger partial charge in [0.25, 0.3) is 0 Å². The van der Waals surface area contributed by atoms with Crippen LogP contribution in [0.2, 0.25) is 0 Å². The number of carbonyl (C=O) groups is 3. The lowest BCUT2D eigenvalue weighted by Crippen LogP contribution is -2.75. The fourth-order valence-electron chi connectivity index (χ4n) is 5.17. The Balaban J connectivity index is 1.51. The number of nitrogens with one attached hydrogen (secondary N) is 4. The van der Waals surface area contributed by atoms with E-state index < -0.39 is 23.9 Å². The van der Waals surface area contributed by atoms with Crippen molar-refractivity contribution < 1.29 is 23.9 Å². The smallest absolute Gasteiger partial charge is 0.229 e. The zero-order chi connectivity index (χ0) is 23.5. The summed E-state index contributed by atoms with van der Waals surface area (Å²) in [6.07, 6.45) is 3.27. The quantitative estimate of drug-likeness (QED) is 0.501. The van der Waals surface area contributed by atoms with E-state index in [1.54, 1.807) is 25.3 Å². The van der Waals surface area contributed by atoms with Crippen LogP contribution in [0.3, 0.4) is 0 Å². The van der Waals surface area contributed by atoms with Crippen LogP contribution in [-0.4, -0.2) is 61.9 Å². The maximum Gasteiger partial charge on any atom is 0.229 e. The Labute approximate surface area is 193 Å². The van der Waals surface area contributed by atoms with Gasteiger partial charge in [0, 0.05) is 25.1 Å². The topological polar surface area (TPSA) is 121 Å². The Morgan fingerprint density at radius 3 is 2.73 bits per heavy atom. The van der Waals surface area contributed by atoms with Gasteiger partial charge in [0.15, 0.2) is 0 Å². The molecule has 1 aromatic rings. The highest BCUT2D eigenvalue weighted by atomic mass is 16.5. The number of hydrogen-bond donors (Lipinski definition) is 4. The van der Waals surface area contributed by atoms with Gasteiger partial charge in [-0.05, 0) is 31.4 Å². The molecule has 4 rings (SSSR count). The normalized spacial score (nSPS) is 30.0. The van der Waals surface area contributed by atoms with Crippen LogP contribution in [0.15, 0.2) is 18.2 Å². The number of ether oxygens (including phenoxy) is 2. The fourth-order valence-corrected chi connectivity index (χ4v) is 5.17. The van der Waals surface area contributed by atoms with Crippen molar-refractivity contribution in [2.45, 2.75) is 57.5 Å². The van der Waals surface area contributed by atoms with Crippen LogP contribution in [-0.2, 0) is 14.4 Å². The van der Waals surface area contributed by atoms with Gasteiger partial charge < -0.3 is 25.4 Å². The van der Waals surface area contributed by atoms with Crippen LogP contribution < -0.4 is 30.7 Å². The first-order valence-electron chi connectivity index (χ1n) is 11.6. The number of likely N-dealkylation sites (tertiary alicyclic amines) is 1. The molecule has 3 aliphatic heterocycles. The third-order valence-electron chi connectivity index (χ3n) is 6.91. The minimum Gasteiger partial charge on any atom is -0.497 e. The molecular formula is C23H33N5O5. The lowest BCUT2D eigenvalue weighted by molar-refractivity contribution is -0.148. The van der Waals surface area contributed by atoms with Crippen molar-refractivity contribution in [3.05, 3.63) is 18.2 Å². The second-order valence-electron chi connectivity index (χ2n) is 8.81. The van der Waals surface area contributed by atoms with Crippen molar-refractivity contribution in [3.63, 3.8) is 0 Å². The Morgan fingerprint density at radius 1 is 1.18 bits per heavy atom. The molecule has 0 aromatic heterocycles. The van der Waals surface area contributed by atoms with Gasteiger partial charge in [0.1, 0.15) is 17.8 Å². The first-order chi connectivity index (χ1) is 15.9. The zero-order valence-corrected chi connectivity index (χ0v) is 19.3. The van der Waals surface area contributed by atoms with Gasteiger partial charge in [-0.1, -0.05) is 13.3 Å². The lowest BCUT2D eigenvalue weighted by Gasteiger charge is -2.49. The summed E-state index contributed by atoms with van der Waals surface area (Å²) in [7, 11) is 3.04. The molecule has 10 nitrogen and oxygen atoms in total. The summed E-state index contributed by atoms with van der Waals surface area (Å²) >= 11 is 0. The molecule has 5 unspecified atom stereocenters. The summed E-state index contributed by atoms with van der Waals surface area (Å²) in [5.41, 5.74) is 0.451. The molecule has 5 atom stereocenters. The largest absolute Gasteiger partial charge is 0.497 e. The number of benzene rings is 1. The van der Waals surface area contributed by atoms with Gasteiger partial charge in [-0.25, -0.2) is 0 Å². The van der Waals surface area contributed by atoms with Crippen LogP contribution in [0, 0.1) is 11.8 Å². The number of rotatable bonds is 6. The Hall–Kier alpha value is -2.85. The number of fused-ring (bicyclic) bond motifs is 1. The molecular weight excluding hydrogens is 426 g/mol.